The van der Waals surface area contributed by atoms with Crippen LogP contribution in [-0.4, -0.2) is 18.0 Å². The number of esters is 1. The number of hydrogen-bond donors (Lipinski definition) is 2. The lowest BCUT2D eigenvalue weighted by atomic mass is 9.95. The molecule has 6 nitrogen and oxygen atoms in total. The molecule has 1 aromatic carbocycles. The summed E-state index contributed by atoms with van der Waals surface area (Å²) in [5.74, 6) is -1.49. The topological polar surface area (TPSA) is 112 Å². The van der Waals surface area contributed by atoms with Crippen molar-refractivity contribution in [3.05, 3.63) is 40.5 Å². The Balaban J connectivity index is 3.16. The van der Waals surface area contributed by atoms with Crippen molar-refractivity contribution in [3.63, 3.8) is 0 Å². The lowest BCUT2D eigenvalue weighted by Crippen LogP contribution is -2.17. The predicted molar refractivity (Wildman–Crippen MR) is 73.8 cm³/mol. The van der Waals surface area contributed by atoms with Crippen LogP contribution in [0, 0.1) is 6.92 Å². The summed E-state index contributed by atoms with van der Waals surface area (Å²) in [7, 11) is 0. The van der Waals surface area contributed by atoms with Gasteiger partial charge in [0.2, 0.25) is 5.91 Å². The summed E-state index contributed by atoms with van der Waals surface area (Å²) in [5.41, 5.74) is 12.7. The van der Waals surface area contributed by atoms with Gasteiger partial charge in [0.25, 0.3) is 0 Å². The standard InChI is InChI=1S/C14H16N2O4/c1-3-9-4-5-10(12(8(9)2)13(15)18)6-7-11(17)20-14(16)19/h4-7H,3H2,1-2H3,(H2,15,18)(H2,16,19). The van der Waals surface area contributed by atoms with Crippen LogP contribution in [-0.2, 0) is 16.0 Å². The second-order valence-corrected chi connectivity index (χ2v) is 4.11. The molecule has 0 atom stereocenters. The second kappa shape index (κ2) is 6.51. The minimum atomic E-state index is -1.19. The Hall–Kier alpha value is -2.63. The van der Waals surface area contributed by atoms with Gasteiger partial charge in [-0.2, -0.15) is 0 Å². The van der Waals surface area contributed by atoms with Crippen molar-refractivity contribution in [3.8, 4) is 0 Å². The molecule has 4 N–H and O–H groups in total. The molecule has 0 aliphatic heterocycles. The Labute approximate surface area is 116 Å². The maximum Gasteiger partial charge on any atom is 0.412 e. The number of carbonyl (C=O) groups is 3. The van der Waals surface area contributed by atoms with E-state index in [4.69, 9.17) is 11.5 Å². The Morgan fingerprint density at radius 1 is 1.25 bits per heavy atom. The molecule has 1 aromatic rings. The van der Waals surface area contributed by atoms with Gasteiger partial charge in [-0.05, 0) is 36.1 Å². The average Bonchev–Trinajstić information content (AvgIpc) is 2.35. The second-order valence-electron chi connectivity index (χ2n) is 4.11. The molecular weight excluding hydrogens is 260 g/mol. The van der Waals surface area contributed by atoms with Crippen LogP contribution < -0.4 is 11.5 Å². The Morgan fingerprint density at radius 2 is 1.90 bits per heavy atom. The summed E-state index contributed by atoms with van der Waals surface area (Å²) >= 11 is 0. The Bertz CT molecular complexity index is 591. The first-order valence-corrected chi connectivity index (χ1v) is 5.98. The number of nitrogens with two attached hydrogens (primary N) is 2. The highest BCUT2D eigenvalue weighted by molar-refractivity contribution is 6.00. The van der Waals surface area contributed by atoms with Crippen molar-refractivity contribution < 1.29 is 19.1 Å². The van der Waals surface area contributed by atoms with E-state index in [1.54, 1.807) is 13.0 Å². The van der Waals surface area contributed by atoms with Crippen LogP contribution in [0.15, 0.2) is 18.2 Å². The minimum Gasteiger partial charge on any atom is -0.373 e. The van der Waals surface area contributed by atoms with Gasteiger partial charge < -0.3 is 16.2 Å². The van der Waals surface area contributed by atoms with E-state index >= 15 is 0 Å². The third-order valence-corrected chi connectivity index (χ3v) is 2.84. The van der Waals surface area contributed by atoms with Crippen molar-refractivity contribution in [2.24, 2.45) is 11.5 Å². The lowest BCUT2D eigenvalue weighted by molar-refractivity contribution is -0.131. The van der Waals surface area contributed by atoms with Crippen LogP contribution in [0.3, 0.4) is 0 Å². The maximum atomic E-state index is 11.5. The van der Waals surface area contributed by atoms with E-state index in [-0.39, 0.29) is 0 Å². The summed E-state index contributed by atoms with van der Waals surface area (Å²) in [4.78, 5) is 33.1. The molecule has 0 unspecified atom stereocenters. The molecule has 0 aliphatic rings. The molecule has 20 heavy (non-hydrogen) atoms. The quantitative estimate of drug-likeness (QED) is 0.490. The molecule has 0 bridgehead atoms. The normalized spacial score (nSPS) is 10.5. The third-order valence-electron chi connectivity index (χ3n) is 2.84. The molecule has 0 saturated carbocycles. The smallest absolute Gasteiger partial charge is 0.373 e. The summed E-state index contributed by atoms with van der Waals surface area (Å²) in [5, 5.41) is 0. The van der Waals surface area contributed by atoms with Crippen molar-refractivity contribution in [1.82, 2.24) is 0 Å². The first-order valence-electron chi connectivity index (χ1n) is 5.98. The van der Waals surface area contributed by atoms with Crippen molar-refractivity contribution >= 4 is 24.0 Å². The van der Waals surface area contributed by atoms with E-state index in [0.29, 0.717) is 11.1 Å². The number of amides is 2. The van der Waals surface area contributed by atoms with Gasteiger partial charge in [-0.1, -0.05) is 19.1 Å². The summed E-state index contributed by atoms with van der Waals surface area (Å²) in [6.07, 6.45) is 1.95. The lowest BCUT2D eigenvalue weighted by Gasteiger charge is -2.10. The molecular formula is C14H16N2O4. The highest BCUT2D eigenvalue weighted by Crippen LogP contribution is 2.20. The largest absolute Gasteiger partial charge is 0.412 e. The molecule has 0 spiro atoms. The number of rotatable bonds is 4. The van der Waals surface area contributed by atoms with Gasteiger partial charge in [-0.25, -0.2) is 9.59 Å². The van der Waals surface area contributed by atoms with Gasteiger partial charge >= 0.3 is 12.1 Å². The molecule has 0 saturated heterocycles. The first-order chi connectivity index (χ1) is 9.36. The summed E-state index contributed by atoms with van der Waals surface area (Å²) in [6, 6.07) is 3.53. The van der Waals surface area contributed by atoms with E-state index < -0.39 is 18.0 Å². The number of primary amides is 2. The first kappa shape index (κ1) is 15.4. The van der Waals surface area contributed by atoms with Gasteiger partial charge in [0.15, 0.2) is 0 Å². The predicted octanol–water partition coefficient (Wildman–Crippen LogP) is 1.29. The zero-order valence-electron chi connectivity index (χ0n) is 11.3. The molecule has 1 rings (SSSR count). The van der Waals surface area contributed by atoms with Crippen LogP contribution in [0.1, 0.15) is 34.0 Å². The molecule has 0 aliphatic carbocycles. The van der Waals surface area contributed by atoms with E-state index in [1.807, 2.05) is 13.0 Å². The highest BCUT2D eigenvalue weighted by Gasteiger charge is 2.13. The number of carbonyl (C=O) groups excluding carboxylic acids is 3. The van der Waals surface area contributed by atoms with Gasteiger partial charge in [0.05, 0.1) is 0 Å². The van der Waals surface area contributed by atoms with E-state index in [1.165, 1.54) is 6.08 Å². The molecule has 0 heterocycles. The molecule has 2 amide bonds. The fraction of sp³-hybridized carbons (Fsp3) is 0.214. The van der Waals surface area contributed by atoms with Crippen molar-refractivity contribution in [1.29, 1.82) is 0 Å². The fourth-order valence-electron chi connectivity index (χ4n) is 1.92. The number of ether oxygens (including phenoxy) is 1. The molecule has 0 fully saturated rings. The number of aryl methyl sites for hydroxylation is 1. The zero-order valence-corrected chi connectivity index (χ0v) is 11.3. The van der Waals surface area contributed by atoms with Crippen LogP contribution in [0.25, 0.3) is 6.08 Å². The minimum absolute atomic E-state index is 0.340. The summed E-state index contributed by atoms with van der Waals surface area (Å²) < 4.78 is 4.14. The van der Waals surface area contributed by atoms with Crippen molar-refractivity contribution in [2.45, 2.75) is 20.3 Å². The van der Waals surface area contributed by atoms with Gasteiger partial charge in [-0.3, -0.25) is 4.79 Å². The molecule has 0 aromatic heterocycles. The van der Waals surface area contributed by atoms with Gasteiger partial charge in [-0.15, -0.1) is 0 Å². The SMILES string of the molecule is CCc1ccc(C=CC(=O)OC(N)=O)c(C(N)=O)c1C. The Morgan fingerprint density at radius 3 is 2.40 bits per heavy atom. The van der Waals surface area contributed by atoms with Crippen LogP contribution in [0.5, 0.6) is 0 Å². The third kappa shape index (κ3) is 3.68. The summed E-state index contributed by atoms with van der Waals surface area (Å²) in [6.45, 7) is 3.75. The fourth-order valence-corrected chi connectivity index (χ4v) is 1.92. The van der Waals surface area contributed by atoms with Gasteiger partial charge in [0, 0.05) is 11.6 Å². The molecule has 0 radical (unpaired) electrons. The maximum absolute atomic E-state index is 11.5. The molecule has 6 heteroatoms. The van der Waals surface area contributed by atoms with Crippen LogP contribution >= 0.6 is 0 Å². The number of benzene rings is 1. The average molecular weight is 276 g/mol. The highest BCUT2D eigenvalue weighted by atomic mass is 16.6. The van der Waals surface area contributed by atoms with E-state index in [0.717, 1.165) is 23.6 Å². The van der Waals surface area contributed by atoms with Crippen molar-refractivity contribution in [2.75, 3.05) is 0 Å². The van der Waals surface area contributed by atoms with E-state index in [9.17, 15) is 14.4 Å². The monoisotopic (exact) mass is 276 g/mol. The Kier molecular flexibility index (Phi) is 5.02. The van der Waals surface area contributed by atoms with Crippen LogP contribution in [0.4, 0.5) is 4.79 Å². The van der Waals surface area contributed by atoms with Crippen LogP contribution in [0.2, 0.25) is 0 Å². The van der Waals surface area contributed by atoms with Gasteiger partial charge in [0.1, 0.15) is 0 Å². The zero-order chi connectivity index (χ0) is 15.3. The van der Waals surface area contributed by atoms with E-state index in [2.05, 4.69) is 4.74 Å². The molecule has 106 valence electrons. The number of hydrogen-bond acceptors (Lipinski definition) is 4.